The lowest BCUT2D eigenvalue weighted by molar-refractivity contribution is 0.0236. The van der Waals surface area contributed by atoms with Crippen LogP contribution in [0.5, 0.6) is 0 Å². The van der Waals surface area contributed by atoms with Crippen molar-refractivity contribution in [3.8, 4) is 0 Å². The number of para-hydroxylation sites is 1. The number of nitrogens with two attached hydrogens (primary N) is 1. The topological polar surface area (TPSA) is 81.4 Å². The summed E-state index contributed by atoms with van der Waals surface area (Å²) in [7, 11) is -1.57. The Morgan fingerprint density at radius 3 is 2.75 bits per heavy atom. The van der Waals surface area contributed by atoms with Crippen molar-refractivity contribution in [1.82, 2.24) is 4.72 Å². The van der Waals surface area contributed by atoms with Crippen molar-refractivity contribution in [3.05, 3.63) is 24.3 Å². The van der Waals surface area contributed by atoms with Crippen LogP contribution < -0.4 is 10.5 Å². The van der Waals surface area contributed by atoms with Gasteiger partial charge in [0.2, 0.25) is 10.0 Å². The molecule has 3 N–H and O–H groups in total. The van der Waals surface area contributed by atoms with Gasteiger partial charge in [-0.1, -0.05) is 12.1 Å². The predicted octanol–water partition coefficient (Wildman–Crippen LogP) is 1.46. The predicted molar refractivity (Wildman–Crippen MR) is 82.3 cm³/mol. The average molecular weight is 316 g/mol. The van der Waals surface area contributed by atoms with E-state index < -0.39 is 10.0 Å². The normalized spacial score (nSPS) is 22.4. The second-order valence-corrected chi connectivity index (χ2v) is 7.86. The third-order valence-corrected chi connectivity index (χ3v) is 6.09. The molecule has 5 nitrogen and oxygen atoms in total. The first-order chi connectivity index (χ1) is 9.50. The first-order valence-electron chi connectivity index (χ1n) is 6.50. The highest BCUT2D eigenvalue weighted by molar-refractivity contribution is 8.00. The smallest absolute Gasteiger partial charge is 0.212 e. The quantitative estimate of drug-likeness (QED) is 0.588. The van der Waals surface area contributed by atoms with Gasteiger partial charge in [0.05, 0.1) is 11.9 Å². The lowest BCUT2D eigenvalue weighted by Gasteiger charge is -2.34. The van der Waals surface area contributed by atoms with Crippen LogP contribution in [-0.4, -0.2) is 39.2 Å². The molecule has 112 valence electrons. The minimum atomic E-state index is -3.22. The Bertz CT molecular complexity index is 542. The zero-order valence-electron chi connectivity index (χ0n) is 11.4. The molecule has 20 heavy (non-hydrogen) atoms. The summed E-state index contributed by atoms with van der Waals surface area (Å²) in [4.78, 5) is 0.922. The first kappa shape index (κ1) is 15.6. The lowest BCUT2D eigenvalue weighted by atomic mass is 9.90. The van der Waals surface area contributed by atoms with Gasteiger partial charge in [-0.3, -0.25) is 0 Å². The molecule has 1 aliphatic carbocycles. The minimum Gasteiger partial charge on any atom is -0.398 e. The summed E-state index contributed by atoms with van der Waals surface area (Å²) in [6.45, 7) is 0. The number of methoxy groups -OCH3 is 1. The molecular weight excluding hydrogens is 296 g/mol. The van der Waals surface area contributed by atoms with Gasteiger partial charge >= 0.3 is 0 Å². The van der Waals surface area contributed by atoms with Crippen molar-refractivity contribution in [3.63, 3.8) is 0 Å². The Balaban J connectivity index is 1.74. The van der Waals surface area contributed by atoms with Crippen LogP contribution in [-0.2, 0) is 14.8 Å². The fraction of sp³-hybridized carbons (Fsp3) is 0.538. The van der Waals surface area contributed by atoms with Gasteiger partial charge in [0, 0.05) is 29.5 Å². The van der Waals surface area contributed by atoms with Gasteiger partial charge in [-0.25, -0.2) is 13.1 Å². The van der Waals surface area contributed by atoms with Crippen LogP contribution in [0.1, 0.15) is 12.8 Å². The van der Waals surface area contributed by atoms with E-state index in [0.717, 1.165) is 17.7 Å². The SMILES string of the molecule is COC1CC(NS(=O)(=O)CCSc2ccccc2N)C1. The molecular formula is C13H20N2O3S2. The number of hydrogen-bond donors (Lipinski definition) is 2. The molecule has 7 heteroatoms. The standard InChI is InChI=1S/C13H20N2O3S2/c1-18-11-8-10(9-11)15-20(16,17)7-6-19-13-5-3-2-4-12(13)14/h2-5,10-11,15H,6-9,14H2,1H3. The molecule has 0 spiro atoms. The van der Waals surface area contributed by atoms with Crippen LogP contribution in [0.25, 0.3) is 0 Å². The van der Waals surface area contributed by atoms with Crippen molar-refractivity contribution in [2.45, 2.75) is 29.9 Å². The highest BCUT2D eigenvalue weighted by Gasteiger charge is 2.31. The van der Waals surface area contributed by atoms with Crippen molar-refractivity contribution < 1.29 is 13.2 Å². The Labute approximate surface area is 124 Å². The summed E-state index contributed by atoms with van der Waals surface area (Å²) >= 11 is 1.46. The van der Waals surface area contributed by atoms with Crippen LogP contribution in [0.15, 0.2) is 29.2 Å². The summed E-state index contributed by atoms with van der Waals surface area (Å²) in [5, 5.41) is 0. The van der Waals surface area contributed by atoms with E-state index in [4.69, 9.17) is 10.5 Å². The van der Waals surface area contributed by atoms with Crippen LogP contribution in [0.3, 0.4) is 0 Å². The van der Waals surface area contributed by atoms with Crippen molar-refractivity contribution in [1.29, 1.82) is 0 Å². The Kier molecular flexibility index (Phi) is 5.31. The average Bonchev–Trinajstić information content (AvgIpc) is 2.35. The maximum Gasteiger partial charge on any atom is 0.212 e. The van der Waals surface area contributed by atoms with Crippen molar-refractivity contribution in [2.24, 2.45) is 0 Å². The first-order valence-corrected chi connectivity index (χ1v) is 9.14. The molecule has 2 rings (SSSR count). The van der Waals surface area contributed by atoms with Gasteiger partial charge in [-0.05, 0) is 25.0 Å². The summed E-state index contributed by atoms with van der Waals surface area (Å²) < 4.78 is 31.7. The summed E-state index contributed by atoms with van der Waals surface area (Å²) in [6.07, 6.45) is 1.71. The van der Waals surface area contributed by atoms with Crippen LogP contribution >= 0.6 is 11.8 Å². The lowest BCUT2D eigenvalue weighted by Crippen LogP contribution is -2.48. The highest BCUT2D eigenvalue weighted by Crippen LogP contribution is 2.25. The van der Waals surface area contributed by atoms with E-state index in [0.29, 0.717) is 11.4 Å². The van der Waals surface area contributed by atoms with Crippen molar-refractivity contribution in [2.75, 3.05) is 24.3 Å². The third kappa shape index (κ3) is 4.37. The molecule has 0 saturated heterocycles. The second kappa shape index (κ2) is 6.80. The summed E-state index contributed by atoms with van der Waals surface area (Å²) in [6, 6.07) is 7.49. The van der Waals surface area contributed by atoms with Crippen LogP contribution in [0, 0.1) is 0 Å². The van der Waals surface area contributed by atoms with E-state index in [1.165, 1.54) is 11.8 Å². The summed E-state index contributed by atoms with van der Waals surface area (Å²) in [5.74, 6) is 0.587. The largest absolute Gasteiger partial charge is 0.398 e. The molecule has 0 bridgehead atoms. The molecule has 1 aromatic carbocycles. The number of ether oxygens (including phenoxy) is 1. The number of hydrogen-bond acceptors (Lipinski definition) is 5. The molecule has 0 amide bonds. The van der Waals surface area contributed by atoms with Gasteiger partial charge in [0.1, 0.15) is 0 Å². The van der Waals surface area contributed by atoms with E-state index >= 15 is 0 Å². The minimum absolute atomic E-state index is 0.0248. The number of nitrogens with one attached hydrogen (secondary N) is 1. The number of rotatable bonds is 7. The molecule has 1 aromatic rings. The van der Waals surface area contributed by atoms with Crippen LogP contribution in [0.2, 0.25) is 0 Å². The van der Waals surface area contributed by atoms with E-state index in [-0.39, 0.29) is 17.9 Å². The number of anilines is 1. The fourth-order valence-electron chi connectivity index (χ4n) is 2.04. The number of benzene rings is 1. The van der Waals surface area contributed by atoms with Gasteiger partial charge < -0.3 is 10.5 Å². The Morgan fingerprint density at radius 2 is 2.10 bits per heavy atom. The Morgan fingerprint density at radius 1 is 1.40 bits per heavy atom. The molecule has 1 saturated carbocycles. The van der Waals surface area contributed by atoms with E-state index in [1.807, 2.05) is 24.3 Å². The molecule has 0 aliphatic heterocycles. The number of sulfonamides is 1. The second-order valence-electron chi connectivity index (χ2n) is 4.85. The maximum absolute atomic E-state index is 11.9. The molecule has 0 radical (unpaired) electrons. The fourth-order valence-corrected chi connectivity index (χ4v) is 4.70. The zero-order valence-corrected chi connectivity index (χ0v) is 13.0. The van der Waals surface area contributed by atoms with Gasteiger partial charge in [0.25, 0.3) is 0 Å². The van der Waals surface area contributed by atoms with E-state index in [2.05, 4.69) is 4.72 Å². The van der Waals surface area contributed by atoms with E-state index in [9.17, 15) is 8.42 Å². The molecule has 0 heterocycles. The van der Waals surface area contributed by atoms with E-state index in [1.54, 1.807) is 7.11 Å². The summed E-state index contributed by atoms with van der Waals surface area (Å²) in [5.41, 5.74) is 6.50. The highest BCUT2D eigenvalue weighted by atomic mass is 32.2. The molecule has 0 aromatic heterocycles. The zero-order chi connectivity index (χ0) is 14.6. The Hall–Kier alpha value is -0.760. The van der Waals surface area contributed by atoms with Crippen molar-refractivity contribution >= 4 is 27.5 Å². The maximum atomic E-state index is 11.9. The monoisotopic (exact) mass is 316 g/mol. The molecule has 1 aliphatic rings. The van der Waals surface area contributed by atoms with Gasteiger partial charge in [0.15, 0.2) is 0 Å². The number of nitrogen functional groups attached to an aromatic ring is 1. The third-order valence-electron chi connectivity index (χ3n) is 3.30. The molecule has 1 fully saturated rings. The molecule has 0 unspecified atom stereocenters. The number of thioether (sulfide) groups is 1. The van der Waals surface area contributed by atoms with Crippen LogP contribution in [0.4, 0.5) is 5.69 Å². The molecule has 0 atom stereocenters. The van der Waals surface area contributed by atoms with Gasteiger partial charge in [-0.15, -0.1) is 11.8 Å². The van der Waals surface area contributed by atoms with Gasteiger partial charge in [-0.2, -0.15) is 0 Å².